The van der Waals surface area contributed by atoms with Crippen LogP contribution in [0.1, 0.15) is 39.0 Å². The largest absolute Gasteiger partial charge is 0.480 e. The summed E-state index contributed by atoms with van der Waals surface area (Å²) in [4.78, 5) is 52.7. The molecule has 3 rings (SSSR count). The van der Waals surface area contributed by atoms with Crippen molar-refractivity contribution in [3.8, 4) is 0 Å². The number of aliphatic carboxylic acids is 1. The number of piperidine rings is 3. The molecule has 0 aromatic heterocycles. The van der Waals surface area contributed by atoms with Crippen molar-refractivity contribution in [2.45, 2.75) is 39.0 Å². The summed E-state index contributed by atoms with van der Waals surface area (Å²) in [6.45, 7) is 4.60. The van der Waals surface area contributed by atoms with Crippen molar-refractivity contribution in [3.63, 3.8) is 0 Å². The highest BCUT2D eigenvalue weighted by Crippen LogP contribution is 2.36. The number of likely N-dealkylation sites (tertiary alicyclic amines) is 1. The van der Waals surface area contributed by atoms with Crippen LogP contribution >= 0.6 is 0 Å². The standard InChI is InChI=1S/C20H31N3O5/c1-13(14-4-8-21-9-5-14)17(25)20(19(27)28)12-23(10-6-16(20)24)18(26)15-3-2-7-22-11-15/h13-15,21-22H,2-12H2,1H3,(H,27,28). The first kappa shape index (κ1) is 20.9. The highest BCUT2D eigenvalue weighted by Gasteiger charge is 2.58. The number of carbonyl (C=O) groups excluding carboxylic acids is 3. The predicted octanol–water partition coefficient (Wildman–Crippen LogP) is 0.0632. The lowest BCUT2D eigenvalue weighted by molar-refractivity contribution is -0.167. The number of rotatable bonds is 5. The van der Waals surface area contributed by atoms with E-state index in [4.69, 9.17) is 0 Å². The molecule has 3 aliphatic heterocycles. The van der Waals surface area contributed by atoms with Gasteiger partial charge in [-0.15, -0.1) is 0 Å². The third kappa shape index (κ3) is 3.85. The fraction of sp³-hybridized carbons (Fsp3) is 0.800. The second-order valence-electron chi connectivity index (χ2n) is 8.43. The second-order valence-corrected chi connectivity index (χ2v) is 8.43. The molecule has 0 aromatic carbocycles. The van der Waals surface area contributed by atoms with Crippen LogP contribution in [0.4, 0.5) is 0 Å². The van der Waals surface area contributed by atoms with Gasteiger partial charge in [-0.05, 0) is 51.2 Å². The molecule has 156 valence electrons. The molecule has 3 fully saturated rings. The van der Waals surface area contributed by atoms with Gasteiger partial charge >= 0.3 is 5.97 Å². The minimum Gasteiger partial charge on any atom is -0.480 e. The molecule has 3 aliphatic rings. The molecule has 0 aliphatic carbocycles. The van der Waals surface area contributed by atoms with Crippen LogP contribution in [0.2, 0.25) is 0 Å². The van der Waals surface area contributed by atoms with E-state index in [-0.39, 0.29) is 37.3 Å². The van der Waals surface area contributed by atoms with Gasteiger partial charge < -0.3 is 20.6 Å². The molecule has 3 atom stereocenters. The van der Waals surface area contributed by atoms with Crippen molar-refractivity contribution >= 4 is 23.4 Å². The van der Waals surface area contributed by atoms with Gasteiger partial charge in [0, 0.05) is 25.4 Å². The maximum Gasteiger partial charge on any atom is 0.326 e. The zero-order valence-electron chi connectivity index (χ0n) is 16.5. The zero-order valence-corrected chi connectivity index (χ0v) is 16.5. The number of Topliss-reactive ketones (excluding diaryl/α,β-unsaturated/α-hetero) is 2. The summed E-state index contributed by atoms with van der Waals surface area (Å²) >= 11 is 0. The number of hydrogen-bond acceptors (Lipinski definition) is 6. The summed E-state index contributed by atoms with van der Waals surface area (Å²) in [5.41, 5.74) is -2.12. The van der Waals surface area contributed by atoms with Crippen molar-refractivity contribution in [3.05, 3.63) is 0 Å². The number of amides is 1. The quantitative estimate of drug-likeness (QED) is 0.566. The Hall–Kier alpha value is -1.80. The van der Waals surface area contributed by atoms with E-state index < -0.39 is 28.9 Å². The Morgan fingerprint density at radius 1 is 1.14 bits per heavy atom. The maximum atomic E-state index is 13.3. The lowest BCUT2D eigenvalue weighted by Gasteiger charge is -2.41. The SMILES string of the molecule is CC(C(=O)C1(C(=O)O)CN(C(=O)C2CCCNC2)CCC1=O)C1CCNCC1. The summed E-state index contributed by atoms with van der Waals surface area (Å²) in [5, 5.41) is 16.4. The Bertz CT molecular complexity index is 640. The molecular formula is C20H31N3O5. The first-order valence-electron chi connectivity index (χ1n) is 10.4. The van der Waals surface area contributed by atoms with Crippen LogP contribution in [-0.4, -0.2) is 72.7 Å². The number of nitrogens with one attached hydrogen (secondary N) is 2. The number of hydrogen-bond donors (Lipinski definition) is 3. The van der Waals surface area contributed by atoms with Gasteiger partial charge in [-0.25, -0.2) is 0 Å². The van der Waals surface area contributed by atoms with Crippen LogP contribution in [0, 0.1) is 23.2 Å². The van der Waals surface area contributed by atoms with Gasteiger partial charge in [-0.1, -0.05) is 6.92 Å². The number of ketones is 2. The van der Waals surface area contributed by atoms with E-state index in [2.05, 4.69) is 10.6 Å². The van der Waals surface area contributed by atoms with Crippen LogP contribution in [0.5, 0.6) is 0 Å². The van der Waals surface area contributed by atoms with E-state index in [1.54, 1.807) is 6.92 Å². The minimum atomic E-state index is -2.12. The molecule has 3 N–H and O–H groups in total. The van der Waals surface area contributed by atoms with Gasteiger partial charge in [-0.2, -0.15) is 0 Å². The Kier molecular flexibility index (Phi) is 6.50. The van der Waals surface area contributed by atoms with Crippen LogP contribution in [0.25, 0.3) is 0 Å². The molecule has 3 unspecified atom stereocenters. The first-order valence-corrected chi connectivity index (χ1v) is 10.4. The molecule has 0 radical (unpaired) electrons. The molecule has 28 heavy (non-hydrogen) atoms. The summed E-state index contributed by atoms with van der Waals surface area (Å²) in [6, 6.07) is 0. The fourth-order valence-electron chi connectivity index (χ4n) is 4.87. The number of carboxylic acids is 1. The highest BCUT2D eigenvalue weighted by atomic mass is 16.4. The molecule has 8 nitrogen and oxygen atoms in total. The monoisotopic (exact) mass is 393 g/mol. The van der Waals surface area contributed by atoms with E-state index >= 15 is 0 Å². The Morgan fingerprint density at radius 2 is 1.86 bits per heavy atom. The van der Waals surface area contributed by atoms with Gasteiger partial charge in [0.1, 0.15) is 0 Å². The average molecular weight is 393 g/mol. The molecular weight excluding hydrogens is 362 g/mol. The van der Waals surface area contributed by atoms with E-state index in [0.717, 1.165) is 45.3 Å². The number of nitrogens with zero attached hydrogens (tertiary/aromatic N) is 1. The van der Waals surface area contributed by atoms with Crippen molar-refractivity contribution in [1.82, 2.24) is 15.5 Å². The van der Waals surface area contributed by atoms with Gasteiger partial charge in [-0.3, -0.25) is 19.2 Å². The normalized spacial score (nSPS) is 30.7. The number of carbonyl (C=O) groups is 4. The summed E-state index contributed by atoms with van der Waals surface area (Å²) in [7, 11) is 0. The van der Waals surface area contributed by atoms with Crippen LogP contribution in [0.3, 0.4) is 0 Å². The molecule has 0 saturated carbocycles. The van der Waals surface area contributed by atoms with Gasteiger partial charge in [0.05, 0.1) is 12.5 Å². The van der Waals surface area contributed by atoms with Crippen molar-refractivity contribution < 1.29 is 24.3 Å². The summed E-state index contributed by atoms with van der Waals surface area (Å²) in [6.07, 6.45) is 3.12. The van der Waals surface area contributed by atoms with Crippen LogP contribution in [-0.2, 0) is 19.2 Å². The van der Waals surface area contributed by atoms with E-state index in [0.29, 0.717) is 6.54 Å². The average Bonchev–Trinajstić information content (AvgIpc) is 2.73. The smallest absolute Gasteiger partial charge is 0.326 e. The molecule has 8 heteroatoms. The molecule has 0 spiro atoms. The first-order chi connectivity index (χ1) is 13.4. The molecule has 0 aromatic rings. The maximum absolute atomic E-state index is 13.3. The Morgan fingerprint density at radius 3 is 2.46 bits per heavy atom. The Labute approximate surface area is 165 Å². The van der Waals surface area contributed by atoms with Crippen molar-refractivity contribution in [1.29, 1.82) is 0 Å². The van der Waals surface area contributed by atoms with Crippen molar-refractivity contribution in [2.75, 3.05) is 39.3 Å². The minimum absolute atomic E-state index is 0.0615. The van der Waals surface area contributed by atoms with E-state index in [1.807, 2.05) is 0 Å². The zero-order chi connectivity index (χ0) is 20.3. The van der Waals surface area contributed by atoms with Crippen molar-refractivity contribution in [2.24, 2.45) is 23.2 Å². The molecule has 0 bridgehead atoms. The molecule has 1 amide bonds. The van der Waals surface area contributed by atoms with Gasteiger partial charge in [0.25, 0.3) is 0 Å². The lowest BCUT2D eigenvalue weighted by atomic mass is 9.67. The third-order valence-corrected chi connectivity index (χ3v) is 6.76. The van der Waals surface area contributed by atoms with Gasteiger partial charge in [0.15, 0.2) is 11.6 Å². The Balaban J connectivity index is 1.82. The highest BCUT2D eigenvalue weighted by molar-refractivity contribution is 6.23. The lowest BCUT2D eigenvalue weighted by Crippen LogP contribution is -2.62. The van der Waals surface area contributed by atoms with E-state index in [9.17, 15) is 24.3 Å². The van der Waals surface area contributed by atoms with Crippen LogP contribution in [0.15, 0.2) is 0 Å². The topological polar surface area (TPSA) is 116 Å². The number of carboxylic acid groups (broad SMARTS) is 1. The third-order valence-electron chi connectivity index (χ3n) is 6.76. The van der Waals surface area contributed by atoms with E-state index in [1.165, 1.54) is 4.90 Å². The fourth-order valence-corrected chi connectivity index (χ4v) is 4.87. The molecule has 3 saturated heterocycles. The van der Waals surface area contributed by atoms with Crippen LogP contribution < -0.4 is 10.6 Å². The second kappa shape index (κ2) is 8.69. The molecule has 3 heterocycles. The van der Waals surface area contributed by atoms with Gasteiger partial charge in [0.2, 0.25) is 11.3 Å². The summed E-state index contributed by atoms with van der Waals surface area (Å²) < 4.78 is 0. The summed E-state index contributed by atoms with van der Waals surface area (Å²) in [5.74, 6) is -3.33. The predicted molar refractivity (Wildman–Crippen MR) is 102 cm³/mol.